The summed E-state index contributed by atoms with van der Waals surface area (Å²) in [6, 6.07) is 11.7. The number of hydrogen-bond donors (Lipinski definition) is 1. The summed E-state index contributed by atoms with van der Waals surface area (Å²) in [6.07, 6.45) is 0.938. The van der Waals surface area contributed by atoms with Gasteiger partial charge in [0, 0.05) is 24.8 Å². The van der Waals surface area contributed by atoms with Crippen LogP contribution in [0.2, 0.25) is 0 Å². The molecule has 0 bridgehead atoms. The molecule has 7 heteroatoms. The summed E-state index contributed by atoms with van der Waals surface area (Å²) >= 11 is 0. The van der Waals surface area contributed by atoms with Crippen LogP contribution in [0.4, 0.5) is 11.8 Å². The first-order valence-corrected chi connectivity index (χ1v) is 8.50. The molecule has 3 heterocycles. The monoisotopic (exact) mass is 349 g/mol. The van der Waals surface area contributed by atoms with Gasteiger partial charge in [0.25, 0.3) is 5.91 Å². The lowest BCUT2D eigenvalue weighted by Gasteiger charge is -2.29. The Morgan fingerprint density at radius 2 is 1.96 bits per heavy atom. The molecule has 1 aliphatic rings. The third kappa shape index (κ3) is 3.28. The Morgan fingerprint density at radius 3 is 2.73 bits per heavy atom. The smallest absolute Gasteiger partial charge is 0.275 e. The van der Waals surface area contributed by atoms with Crippen molar-refractivity contribution in [3.8, 4) is 0 Å². The summed E-state index contributed by atoms with van der Waals surface area (Å²) in [6.45, 7) is 5.19. The van der Waals surface area contributed by atoms with E-state index in [0.717, 1.165) is 25.2 Å². The molecule has 3 aromatic rings. The van der Waals surface area contributed by atoms with Crippen molar-refractivity contribution >= 4 is 17.7 Å². The number of carbonyl (C=O) groups is 1. The molecule has 2 aromatic heterocycles. The average molecular weight is 349 g/mol. The van der Waals surface area contributed by atoms with Crippen molar-refractivity contribution in [1.82, 2.24) is 15.1 Å². The third-order valence-electron chi connectivity index (χ3n) is 4.36. The van der Waals surface area contributed by atoms with Crippen LogP contribution >= 0.6 is 0 Å². The zero-order valence-corrected chi connectivity index (χ0v) is 14.7. The van der Waals surface area contributed by atoms with E-state index in [1.165, 1.54) is 11.1 Å². The highest BCUT2D eigenvalue weighted by Gasteiger charge is 2.20. The third-order valence-corrected chi connectivity index (χ3v) is 4.36. The van der Waals surface area contributed by atoms with Crippen molar-refractivity contribution in [2.45, 2.75) is 26.8 Å². The van der Waals surface area contributed by atoms with E-state index in [1.807, 2.05) is 13.0 Å². The van der Waals surface area contributed by atoms with E-state index in [-0.39, 0.29) is 5.91 Å². The van der Waals surface area contributed by atoms with E-state index >= 15 is 0 Å². The minimum absolute atomic E-state index is 0.312. The van der Waals surface area contributed by atoms with Crippen molar-refractivity contribution in [2.24, 2.45) is 0 Å². The second-order valence-electron chi connectivity index (χ2n) is 6.41. The number of anilines is 2. The van der Waals surface area contributed by atoms with Crippen LogP contribution in [0.1, 0.15) is 33.1 Å². The summed E-state index contributed by atoms with van der Waals surface area (Å²) in [4.78, 5) is 23.6. The van der Waals surface area contributed by atoms with Gasteiger partial charge in [-0.3, -0.25) is 4.79 Å². The molecular formula is C19H19N5O2. The maximum atomic E-state index is 12.5. The van der Waals surface area contributed by atoms with Crippen LogP contribution in [-0.2, 0) is 13.0 Å². The molecule has 7 nitrogen and oxygen atoms in total. The van der Waals surface area contributed by atoms with Crippen LogP contribution in [0.5, 0.6) is 0 Å². The predicted molar refractivity (Wildman–Crippen MR) is 97.2 cm³/mol. The van der Waals surface area contributed by atoms with Crippen LogP contribution in [0.3, 0.4) is 0 Å². The molecule has 1 N–H and O–H groups in total. The number of nitrogens with zero attached hydrogens (tertiary/aromatic N) is 4. The van der Waals surface area contributed by atoms with Crippen LogP contribution in [0.25, 0.3) is 0 Å². The standard InChI is InChI=1S/C19H19N5O2/c1-12-9-16(18(25)22-17-10-13(2)26-23-17)21-19(20-12)24-8-7-14-5-3-4-6-15(14)11-24/h3-6,9-10H,7-8,11H2,1-2H3,(H,22,23,25). The molecule has 1 aliphatic heterocycles. The van der Waals surface area contributed by atoms with Crippen molar-refractivity contribution in [2.75, 3.05) is 16.8 Å². The van der Waals surface area contributed by atoms with E-state index in [0.29, 0.717) is 23.2 Å². The van der Waals surface area contributed by atoms with E-state index in [2.05, 4.69) is 43.5 Å². The Balaban J connectivity index is 1.57. The highest BCUT2D eigenvalue weighted by Crippen LogP contribution is 2.22. The molecule has 0 fully saturated rings. The first kappa shape index (κ1) is 16.3. The largest absolute Gasteiger partial charge is 0.360 e. The minimum Gasteiger partial charge on any atom is -0.360 e. The normalized spacial score (nSPS) is 13.4. The molecule has 0 atom stereocenters. The molecule has 0 saturated heterocycles. The molecule has 0 saturated carbocycles. The van der Waals surface area contributed by atoms with Gasteiger partial charge in [0.15, 0.2) is 5.82 Å². The fourth-order valence-corrected chi connectivity index (χ4v) is 3.08. The van der Waals surface area contributed by atoms with Gasteiger partial charge in [0.05, 0.1) is 0 Å². The molecule has 0 spiro atoms. The number of carbonyl (C=O) groups excluding carboxylic acids is 1. The van der Waals surface area contributed by atoms with Gasteiger partial charge >= 0.3 is 0 Å². The number of nitrogens with one attached hydrogen (secondary N) is 1. The molecule has 4 rings (SSSR count). The molecule has 1 aromatic carbocycles. The summed E-state index contributed by atoms with van der Waals surface area (Å²) in [5.41, 5.74) is 3.69. The highest BCUT2D eigenvalue weighted by atomic mass is 16.5. The summed E-state index contributed by atoms with van der Waals surface area (Å²) in [5.74, 6) is 1.24. The van der Waals surface area contributed by atoms with Gasteiger partial charge in [-0.1, -0.05) is 29.4 Å². The maximum Gasteiger partial charge on any atom is 0.275 e. The van der Waals surface area contributed by atoms with Crippen LogP contribution in [0.15, 0.2) is 40.9 Å². The van der Waals surface area contributed by atoms with Gasteiger partial charge in [0.1, 0.15) is 11.5 Å². The van der Waals surface area contributed by atoms with Gasteiger partial charge in [0.2, 0.25) is 5.95 Å². The van der Waals surface area contributed by atoms with Crippen LogP contribution in [-0.4, -0.2) is 27.6 Å². The van der Waals surface area contributed by atoms with Crippen molar-refractivity contribution < 1.29 is 9.32 Å². The number of amides is 1. The number of fused-ring (bicyclic) bond motifs is 1. The molecule has 26 heavy (non-hydrogen) atoms. The Bertz CT molecular complexity index is 966. The van der Waals surface area contributed by atoms with E-state index in [4.69, 9.17) is 4.52 Å². The lowest BCUT2D eigenvalue weighted by Crippen LogP contribution is -2.32. The second kappa shape index (κ2) is 6.59. The van der Waals surface area contributed by atoms with Gasteiger partial charge in [-0.05, 0) is 37.5 Å². The summed E-state index contributed by atoms with van der Waals surface area (Å²) in [5, 5.41) is 6.48. The minimum atomic E-state index is -0.331. The lowest BCUT2D eigenvalue weighted by atomic mass is 10.0. The number of rotatable bonds is 3. The Morgan fingerprint density at radius 1 is 1.15 bits per heavy atom. The zero-order chi connectivity index (χ0) is 18.1. The van der Waals surface area contributed by atoms with Gasteiger partial charge in [-0.25, -0.2) is 9.97 Å². The van der Waals surface area contributed by atoms with Crippen molar-refractivity contribution in [3.05, 3.63) is 64.7 Å². The lowest BCUT2D eigenvalue weighted by molar-refractivity contribution is 0.102. The first-order chi connectivity index (χ1) is 12.6. The predicted octanol–water partition coefficient (Wildman–Crippen LogP) is 2.90. The Kier molecular flexibility index (Phi) is 4.12. The number of benzene rings is 1. The summed E-state index contributed by atoms with van der Waals surface area (Å²) in [7, 11) is 0. The molecule has 0 radical (unpaired) electrons. The SMILES string of the molecule is Cc1cc(C(=O)Nc2cc(C)on2)nc(N2CCc3ccccc3C2)n1. The number of hydrogen-bond acceptors (Lipinski definition) is 6. The van der Waals surface area contributed by atoms with E-state index in [1.54, 1.807) is 19.1 Å². The van der Waals surface area contributed by atoms with Crippen LogP contribution < -0.4 is 10.2 Å². The molecular weight excluding hydrogens is 330 g/mol. The summed E-state index contributed by atoms with van der Waals surface area (Å²) < 4.78 is 4.97. The fraction of sp³-hybridized carbons (Fsp3) is 0.263. The first-order valence-electron chi connectivity index (χ1n) is 8.50. The van der Waals surface area contributed by atoms with Crippen molar-refractivity contribution in [3.63, 3.8) is 0 Å². The zero-order valence-electron chi connectivity index (χ0n) is 14.7. The molecule has 132 valence electrons. The Labute approximate surface area is 151 Å². The average Bonchev–Trinajstić information content (AvgIpc) is 3.05. The van der Waals surface area contributed by atoms with E-state index < -0.39 is 0 Å². The maximum absolute atomic E-state index is 12.5. The quantitative estimate of drug-likeness (QED) is 0.783. The fourth-order valence-electron chi connectivity index (χ4n) is 3.08. The van der Waals surface area contributed by atoms with Gasteiger partial charge in [-0.2, -0.15) is 0 Å². The highest BCUT2D eigenvalue weighted by molar-refractivity contribution is 6.02. The number of aromatic nitrogens is 3. The van der Waals surface area contributed by atoms with Gasteiger partial charge < -0.3 is 14.7 Å². The van der Waals surface area contributed by atoms with Crippen molar-refractivity contribution in [1.29, 1.82) is 0 Å². The molecule has 0 aliphatic carbocycles. The topological polar surface area (TPSA) is 84.2 Å². The number of aryl methyl sites for hydroxylation is 2. The molecule has 1 amide bonds. The van der Waals surface area contributed by atoms with E-state index in [9.17, 15) is 4.79 Å². The second-order valence-corrected chi connectivity index (χ2v) is 6.41. The molecule has 0 unspecified atom stereocenters. The Hall–Kier alpha value is -3.22. The van der Waals surface area contributed by atoms with Crippen LogP contribution in [0, 0.1) is 13.8 Å². The van der Waals surface area contributed by atoms with Gasteiger partial charge in [-0.15, -0.1) is 0 Å².